The van der Waals surface area contributed by atoms with E-state index in [1.807, 2.05) is 59.5 Å². The smallest absolute Gasteiger partial charge is 0.320 e. The SMILES string of the molecule is CCOC(=O)CN(Cc1ccccc1)[C@H](C(=O)NC1CCCCC1)c1ccc(OC)cc1. The zero-order valence-corrected chi connectivity index (χ0v) is 19.1. The van der Waals surface area contributed by atoms with Crippen LogP contribution in [0.1, 0.15) is 56.2 Å². The summed E-state index contributed by atoms with van der Waals surface area (Å²) in [4.78, 5) is 28.0. The van der Waals surface area contributed by atoms with Crippen molar-refractivity contribution < 1.29 is 19.1 Å². The van der Waals surface area contributed by atoms with Crippen molar-refractivity contribution in [1.29, 1.82) is 0 Å². The number of benzene rings is 2. The van der Waals surface area contributed by atoms with Gasteiger partial charge in [-0.2, -0.15) is 0 Å². The van der Waals surface area contributed by atoms with Gasteiger partial charge in [0.1, 0.15) is 11.8 Å². The summed E-state index contributed by atoms with van der Waals surface area (Å²) >= 11 is 0. The highest BCUT2D eigenvalue weighted by Crippen LogP contribution is 2.27. The van der Waals surface area contributed by atoms with Gasteiger partial charge in [-0.25, -0.2) is 0 Å². The Kier molecular flexibility index (Phi) is 9.11. The third-order valence-electron chi connectivity index (χ3n) is 5.86. The molecule has 2 aromatic carbocycles. The summed E-state index contributed by atoms with van der Waals surface area (Å²) < 4.78 is 10.5. The molecule has 0 bridgehead atoms. The first kappa shape index (κ1) is 23.8. The fourth-order valence-electron chi connectivity index (χ4n) is 4.27. The number of carbonyl (C=O) groups is 2. The maximum absolute atomic E-state index is 13.6. The fraction of sp³-hybridized carbons (Fsp3) is 0.462. The summed E-state index contributed by atoms with van der Waals surface area (Å²) in [6.45, 7) is 2.57. The predicted molar refractivity (Wildman–Crippen MR) is 124 cm³/mol. The van der Waals surface area contributed by atoms with E-state index < -0.39 is 6.04 Å². The molecule has 0 spiro atoms. The van der Waals surface area contributed by atoms with Crippen molar-refractivity contribution in [3.05, 3.63) is 65.7 Å². The topological polar surface area (TPSA) is 67.9 Å². The van der Waals surface area contributed by atoms with Crippen LogP contribution in [0.25, 0.3) is 0 Å². The molecule has 172 valence electrons. The van der Waals surface area contributed by atoms with E-state index in [0.717, 1.165) is 42.6 Å². The number of amides is 1. The lowest BCUT2D eigenvalue weighted by Crippen LogP contribution is -2.46. The molecular formula is C26H34N2O4. The van der Waals surface area contributed by atoms with Crippen LogP contribution >= 0.6 is 0 Å². The highest BCUT2D eigenvalue weighted by atomic mass is 16.5. The van der Waals surface area contributed by atoms with Gasteiger partial charge in [0.15, 0.2) is 0 Å². The van der Waals surface area contributed by atoms with Crippen molar-refractivity contribution in [3.8, 4) is 5.75 Å². The zero-order valence-electron chi connectivity index (χ0n) is 19.1. The van der Waals surface area contributed by atoms with Crippen molar-refractivity contribution in [3.63, 3.8) is 0 Å². The Labute approximate surface area is 190 Å². The Morgan fingerprint density at radius 1 is 1.03 bits per heavy atom. The second-order valence-corrected chi connectivity index (χ2v) is 8.21. The number of hydrogen-bond donors (Lipinski definition) is 1. The summed E-state index contributed by atoms with van der Waals surface area (Å²) in [6, 6.07) is 16.9. The number of methoxy groups -OCH3 is 1. The van der Waals surface area contributed by atoms with Gasteiger partial charge in [0.25, 0.3) is 0 Å². The minimum Gasteiger partial charge on any atom is -0.497 e. The molecule has 2 aromatic rings. The van der Waals surface area contributed by atoms with Crippen molar-refractivity contribution in [2.45, 2.75) is 57.7 Å². The van der Waals surface area contributed by atoms with Gasteiger partial charge in [0.2, 0.25) is 5.91 Å². The lowest BCUT2D eigenvalue weighted by atomic mass is 9.94. The Morgan fingerprint density at radius 3 is 2.34 bits per heavy atom. The van der Waals surface area contributed by atoms with Crippen LogP contribution in [-0.4, -0.2) is 43.1 Å². The second-order valence-electron chi connectivity index (χ2n) is 8.21. The van der Waals surface area contributed by atoms with E-state index in [1.165, 1.54) is 6.42 Å². The van der Waals surface area contributed by atoms with Gasteiger partial charge >= 0.3 is 5.97 Å². The molecule has 3 rings (SSSR count). The Hall–Kier alpha value is -2.86. The minimum atomic E-state index is -0.618. The molecule has 0 saturated heterocycles. The third-order valence-corrected chi connectivity index (χ3v) is 5.86. The predicted octanol–water partition coefficient (Wildman–Crippen LogP) is 4.25. The summed E-state index contributed by atoms with van der Waals surface area (Å²) in [5.41, 5.74) is 1.85. The maximum atomic E-state index is 13.6. The molecule has 6 heteroatoms. The first-order valence-corrected chi connectivity index (χ1v) is 11.5. The number of nitrogens with one attached hydrogen (secondary N) is 1. The van der Waals surface area contributed by atoms with Crippen LogP contribution in [-0.2, 0) is 20.9 Å². The van der Waals surface area contributed by atoms with E-state index in [2.05, 4.69) is 5.32 Å². The summed E-state index contributed by atoms with van der Waals surface area (Å²) in [5.74, 6) is 0.301. The quantitative estimate of drug-likeness (QED) is 0.562. The van der Waals surface area contributed by atoms with Gasteiger partial charge < -0.3 is 14.8 Å². The van der Waals surface area contributed by atoms with Crippen LogP contribution in [0.2, 0.25) is 0 Å². The fourth-order valence-corrected chi connectivity index (χ4v) is 4.27. The summed E-state index contributed by atoms with van der Waals surface area (Å²) in [7, 11) is 1.62. The van der Waals surface area contributed by atoms with Crippen LogP contribution in [0.15, 0.2) is 54.6 Å². The molecular weight excluding hydrogens is 404 g/mol. The maximum Gasteiger partial charge on any atom is 0.320 e. The van der Waals surface area contributed by atoms with E-state index in [0.29, 0.717) is 13.2 Å². The first-order valence-electron chi connectivity index (χ1n) is 11.5. The molecule has 0 heterocycles. The Bertz CT molecular complexity index is 848. The van der Waals surface area contributed by atoms with Crippen molar-refractivity contribution >= 4 is 11.9 Å². The second kappa shape index (κ2) is 12.2. The highest BCUT2D eigenvalue weighted by Gasteiger charge is 2.31. The lowest BCUT2D eigenvalue weighted by molar-refractivity contribution is -0.146. The molecule has 1 saturated carbocycles. The summed E-state index contributed by atoms with van der Waals surface area (Å²) in [5, 5.41) is 3.25. The van der Waals surface area contributed by atoms with Gasteiger partial charge in [-0.05, 0) is 43.0 Å². The lowest BCUT2D eigenvalue weighted by Gasteiger charge is -2.33. The van der Waals surface area contributed by atoms with Crippen LogP contribution in [0.5, 0.6) is 5.75 Å². The molecule has 0 aliphatic heterocycles. The van der Waals surface area contributed by atoms with Crippen LogP contribution < -0.4 is 10.1 Å². The Balaban J connectivity index is 1.91. The molecule has 1 atom stereocenters. The van der Waals surface area contributed by atoms with E-state index in [1.54, 1.807) is 14.0 Å². The molecule has 1 aliphatic rings. The molecule has 0 radical (unpaired) electrons. The molecule has 1 aliphatic carbocycles. The average Bonchev–Trinajstić information content (AvgIpc) is 2.81. The van der Waals surface area contributed by atoms with Crippen molar-refractivity contribution in [2.24, 2.45) is 0 Å². The standard InChI is InChI=1S/C26H34N2O4/c1-3-32-24(29)19-28(18-20-10-6-4-7-11-20)25(21-14-16-23(31-2)17-15-21)26(30)27-22-12-8-5-9-13-22/h4,6-7,10-11,14-17,22,25H,3,5,8-9,12-13,18-19H2,1-2H3,(H,27,30)/t25-/m0/s1. The number of ether oxygens (including phenoxy) is 2. The van der Waals surface area contributed by atoms with Crippen LogP contribution in [0, 0.1) is 0 Å². The number of nitrogens with zero attached hydrogens (tertiary/aromatic N) is 1. The molecule has 1 fully saturated rings. The van der Waals surface area contributed by atoms with E-state index in [9.17, 15) is 9.59 Å². The van der Waals surface area contributed by atoms with E-state index in [4.69, 9.17) is 9.47 Å². The average molecular weight is 439 g/mol. The van der Waals surface area contributed by atoms with Crippen LogP contribution in [0.4, 0.5) is 0 Å². The first-order chi connectivity index (χ1) is 15.6. The van der Waals surface area contributed by atoms with Gasteiger partial charge in [0.05, 0.1) is 20.3 Å². The largest absolute Gasteiger partial charge is 0.497 e. The number of carbonyl (C=O) groups excluding carboxylic acids is 2. The van der Waals surface area contributed by atoms with Gasteiger partial charge in [0, 0.05) is 12.6 Å². The van der Waals surface area contributed by atoms with Gasteiger partial charge in [-0.3, -0.25) is 14.5 Å². The molecule has 0 aromatic heterocycles. The van der Waals surface area contributed by atoms with E-state index in [-0.39, 0.29) is 24.5 Å². The summed E-state index contributed by atoms with van der Waals surface area (Å²) in [6.07, 6.45) is 5.48. The van der Waals surface area contributed by atoms with Crippen molar-refractivity contribution in [1.82, 2.24) is 10.2 Å². The Morgan fingerprint density at radius 2 is 1.72 bits per heavy atom. The zero-order chi connectivity index (χ0) is 22.8. The van der Waals surface area contributed by atoms with Crippen molar-refractivity contribution in [2.75, 3.05) is 20.3 Å². The normalized spacial score (nSPS) is 15.2. The molecule has 32 heavy (non-hydrogen) atoms. The van der Waals surface area contributed by atoms with Gasteiger partial charge in [-0.1, -0.05) is 61.7 Å². The van der Waals surface area contributed by atoms with Gasteiger partial charge in [-0.15, -0.1) is 0 Å². The molecule has 6 nitrogen and oxygen atoms in total. The third kappa shape index (κ3) is 6.82. The molecule has 0 unspecified atom stereocenters. The number of rotatable bonds is 10. The molecule has 1 N–H and O–H groups in total. The molecule has 1 amide bonds. The highest BCUT2D eigenvalue weighted by molar-refractivity contribution is 5.84. The van der Waals surface area contributed by atoms with Crippen LogP contribution in [0.3, 0.4) is 0 Å². The minimum absolute atomic E-state index is 0.0253. The number of hydrogen-bond acceptors (Lipinski definition) is 5. The van der Waals surface area contributed by atoms with E-state index >= 15 is 0 Å². The number of esters is 1. The monoisotopic (exact) mass is 438 g/mol.